The largest absolute Gasteiger partial charge is 0.461 e. The van der Waals surface area contributed by atoms with E-state index in [1.807, 2.05) is 0 Å². The van der Waals surface area contributed by atoms with Crippen LogP contribution in [0.25, 0.3) is 11.6 Å². The topological polar surface area (TPSA) is 127 Å². The summed E-state index contributed by atoms with van der Waals surface area (Å²) in [6, 6.07) is 15.0. The molecule has 32 heavy (non-hydrogen) atoms. The number of benzene rings is 2. The van der Waals surface area contributed by atoms with Crippen LogP contribution in [0.1, 0.15) is 23.9 Å². The molecule has 0 saturated carbocycles. The van der Waals surface area contributed by atoms with Gasteiger partial charge in [-0.1, -0.05) is 23.4 Å². The third kappa shape index (κ3) is 4.70. The molecule has 2 aromatic carbocycles. The Morgan fingerprint density at radius 1 is 1.09 bits per heavy atom. The molecule has 10 heteroatoms. The Labute approximate surface area is 184 Å². The number of carbonyl (C=O) groups excluding carboxylic acids is 1. The maximum Gasteiger partial charge on any atom is 0.262 e. The highest BCUT2D eigenvalue weighted by molar-refractivity contribution is 7.92. The maximum absolute atomic E-state index is 13.1. The van der Waals surface area contributed by atoms with Crippen LogP contribution in [0.4, 0.5) is 11.4 Å². The predicted molar refractivity (Wildman–Crippen MR) is 118 cm³/mol. The van der Waals surface area contributed by atoms with E-state index < -0.39 is 10.0 Å². The van der Waals surface area contributed by atoms with Gasteiger partial charge in [0, 0.05) is 12.6 Å². The van der Waals surface area contributed by atoms with Crippen LogP contribution in [-0.4, -0.2) is 24.5 Å². The lowest BCUT2D eigenvalue weighted by atomic mass is 10.1. The fourth-order valence-electron chi connectivity index (χ4n) is 3.20. The monoisotopic (exact) mass is 452 g/mol. The molecule has 9 nitrogen and oxygen atoms in total. The fourth-order valence-corrected chi connectivity index (χ4v) is 4.53. The second kappa shape index (κ2) is 8.67. The van der Waals surface area contributed by atoms with Gasteiger partial charge in [0.05, 0.1) is 23.3 Å². The number of amides is 1. The quantitative estimate of drug-likeness (QED) is 0.434. The molecule has 1 amide bonds. The van der Waals surface area contributed by atoms with E-state index in [1.165, 1.54) is 19.3 Å². The summed E-state index contributed by atoms with van der Waals surface area (Å²) in [5.41, 5.74) is 2.09. The summed E-state index contributed by atoms with van der Waals surface area (Å²) in [5.74, 6) is 0.882. The van der Waals surface area contributed by atoms with Crippen LogP contribution in [0.15, 0.2) is 74.7 Å². The summed E-state index contributed by atoms with van der Waals surface area (Å²) < 4.78 is 39.3. The highest BCUT2D eigenvalue weighted by atomic mass is 32.2. The molecule has 0 bridgehead atoms. The highest BCUT2D eigenvalue weighted by Crippen LogP contribution is 2.26. The van der Waals surface area contributed by atoms with Gasteiger partial charge in [-0.3, -0.25) is 9.52 Å². The molecule has 0 unspecified atom stereocenters. The smallest absolute Gasteiger partial charge is 0.262 e. The van der Waals surface area contributed by atoms with Crippen molar-refractivity contribution in [3.63, 3.8) is 0 Å². The van der Waals surface area contributed by atoms with Gasteiger partial charge in [0.2, 0.25) is 17.6 Å². The van der Waals surface area contributed by atoms with E-state index in [0.29, 0.717) is 40.0 Å². The van der Waals surface area contributed by atoms with Crippen LogP contribution in [-0.2, 0) is 21.2 Å². The van der Waals surface area contributed by atoms with E-state index in [9.17, 15) is 13.2 Å². The normalized spacial score (nSPS) is 11.3. The van der Waals surface area contributed by atoms with Crippen molar-refractivity contribution in [2.24, 2.45) is 0 Å². The van der Waals surface area contributed by atoms with Crippen LogP contribution in [0, 0.1) is 6.92 Å². The van der Waals surface area contributed by atoms with Crippen LogP contribution in [0.2, 0.25) is 0 Å². The first-order valence-corrected chi connectivity index (χ1v) is 11.2. The Morgan fingerprint density at radius 3 is 2.62 bits per heavy atom. The fraction of sp³-hybridized carbons (Fsp3) is 0.136. The number of aryl methyl sites for hydroxylation is 1. The molecule has 2 N–H and O–H groups in total. The van der Waals surface area contributed by atoms with Crippen molar-refractivity contribution in [3.05, 3.63) is 77.9 Å². The van der Waals surface area contributed by atoms with Crippen molar-refractivity contribution in [1.82, 2.24) is 10.1 Å². The van der Waals surface area contributed by atoms with Crippen LogP contribution >= 0.6 is 0 Å². The van der Waals surface area contributed by atoms with Gasteiger partial charge in [-0.15, -0.1) is 0 Å². The Hall–Kier alpha value is -3.92. The predicted octanol–water partition coefficient (Wildman–Crippen LogP) is 3.99. The number of nitrogens with one attached hydrogen (secondary N) is 2. The van der Waals surface area contributed by atoms with Gasteiger partial charge in [-0.25, -0.2) is 8.42 Å². The van der Waals surface area contributed by atoms with Gasteiger partial charge in [0.15, 0.2) is 5.76 Å². The van der Waals surface area contributed by atoms with Crippen molar-refractivity contribution in [2.75, 3.05) is 10.0 Å². The lowest BCUT2D eigenvalue weighted by molar-refractivity contribution is -0.114. The highest BCUT2D eigenvalue weighted by Gasteiger charge is 2.20. The van der Waals surface area contributed by atoms with Crippen molar-refractivity contribution in [2.45, 2.75) is 25.2 Å². The van der Waals surface area contributed by atoms with E-state index in [1.54, 1.807) is 55.5 Å². The van der Waals surface area contributed by atoms with E-state index in [0.717, 1.165) is 0 Å². The third-order valence-corrected chi connectivity index (χ3v) is 6.12. The zero-order valence-corrected chi connectivity index (χ0v) is 18.1. The first-order valence-electron chi connectivity index (χ1n) is 9.67. The number of furan rings is 1. The molecule has 2 heterocycles. The lowest BCUT2D eigenvalue weighted by Crippen LogP contribution is -2.16. The lowest BCUT2D eigenvalue weighted by Gasteiger charge is -2.14. The summed E-state index contributed by atoms with van der Waals surface area (Å²) in [6.07, 6.45) is 1.74. The third-order valence-electron chi connectivity index (χ3n) is 4.60. The second-order valence-electron chi connectivity index (χ2n) is 7.09. The standard InChI is InChI=1S/C22H20N4O5S/c1-14-12-17(23-15(2)27)9-10-20(14)32(28,29)26-18-7-4-3-6-16(18)13-21-24-22(25-31-21)19-8-5-11-30-19/h3-12,26H,13H2,1-2H3,(H,23,27). The van der Waals surface area contributed by atoms with E-state index in [4.69, 9.17) is 8.94 Å². The van der Waals surface area contributed by atoms with Gasteiger partial charge in [0.1, 0.15) is 0 Å². The Bertz CT molecular complexity index is 1360. The zero-order chi connectivity index (χ0) is 22.7. The molecule has 0 aliphatic rings. The van der Waals surface area contributed by atoms with E-state index in [-0.39, 0.29) is 17.2 Å². The SMILES string of the molecule is CC(=O)Nc1ccc(S(=O)(=O)Nc2ccccc2Cc2nc(-c3ccco3)no2)c(C)c1. The van der Waals surface area contributed by atoms with E-state index >= 15 is 0 Å². The second-order valence-corrected chi connectivity index (χ2v) is 8.74. The molecule has 4 aromatic rings. The Balaban J connectivity index is 1.57. The minimum absolute atomic E-state index is 0.110. The molecule has 0 atom stereocenters. The summed E-state index contributed by atoms with van der Waals surface area (Å²) in [4.78, 5) is 15.7. The Morgan fingerprint density at radius 2 is 1.91 bits per heavy atom. The molecule has 0 aliphatic heterocycles. The van der Waals surface area contributed by atoms with Crippen LogP contribution in [0.3, 0.4) is 0 Å². The van der Waals surface area contributed by atoms with E-state index in [2.05, 4.69) is 20.2 Å². The van der Waals surface area contributed by atoms with Crippen molar-refractivity contribution in [3.8, 4) is 11.6 Å². The maximum atomic E-state index is 13.1. The molecular formula is C22H20N4O5S. The minimum Gasteiger partial charge on any atom is -0.461 e. The number of hydrogen-bond acceptors (Lipinski definition) is 7. The number of rotatable bonds is 7. The molecule has 0 radical (unpaired) electrons. The number of anilines is 2. The van der Waals surface area contributed by atoms with Gasteiger partial charge in [-0.05, 0) is 54.4 Å². The van der Waals surface area contributed by atoms with Gasteiger partial charge >= 0.3 is 0 Å². The van der Waals surface area contributed by atoms with Gasteiger partial charge < -0.3 is 14.3 Å². The van der Waals surface area contributed by atoms with Gasteiger partial charge in [-0.2, -0.15) is 4.98 Å². The van der Waals surface area contributed by atoms with Crippen LogP contribution in [0.5, 0.6) is 0 Å². The van der Waals surface area contributed by atoms with Crippen molar-refractivity contribution in [1.29, 1.82) is 0 Å². The average molecular weight is 452 g/mol. The number of aromatic nitrogens is 2. The zero-order valence-electron chi connectivity index (χ0n) is 17.3. The molecule has 0 saturated heterocycles. The van der Waals surface area contributed by atoms with Crippen molar-refractivity contribution >= 4 is 27.3 Å². The molecular weight excluding hydrogens is 432 g/mol. The van der Waals surface area contributed by atoms with Crippen molar-refractivity contribution < 1.29 is 22.2 Å². The molecule has 2 aromatic heterocycles. The number of hydrogen-bond donors (Lipinski definition) is 2. The summed E-state index contributed by atoms with van der Waals surface area (Å²) in [5, 5.41) is 6.54. The summed E-state index contributed by atoms with van der Waals surface area (Å²) >= 11 is 0. The number of sulfonamides is 1. The molecule has 164 valence electrons. The first-order chi connectivity index (χ1) is 15.3. The average Bonchev–Trinajstić information content (AvgIpc) is 3.40. The number of nitrogens with zero attached hydrogens (tertiary/aromatic N) is 2. The molecule has 4 rings (SSSR count). The van der Waals surface area contributed by atoms with Crippen LogP contribution < -0.4 is 10.0 Å². The minimum atomic E-state index is -3.88. The Kier molecular flexibility index (Phi) is 5.78. The molecule has 0 spiro atoms. The molecule has 0 fully saturated rings. The summed E-state index contributed by atoms with van der Waals surface area (Å²) in [7, 11) is -3.88. The summed E-state index contributed by atoms with van der Waals surface area (Å²) in [6.45, 7) is 3.06. The number of carbonyl (C=O) groups is 1. The first kappa shape index (κ1) is 21.3. The van der Waals surface area contributed by atoms with Gasteiger partial charge in [0.25, 0.3) is 10.0 Å². The molecule has 0 aliphatic carbocycles. The number of para-hydroxylation sites is 1.